The summed E-state index contributed by atoms with van der Waals surface area (Å²) in [6.45, 7) is 0.684. The van der Waals surface area contributed by atoms with Gasteiger partial charge in [-0.3, -0.25) is 9.78 Å². The van der Waals surface area contributed by atoms with E-state index in [0.29, 0.717) is 6.54 Å². The molecule has 1 atom stereocenters. The number of halogens is 1. The van der Waals surface area contributed by atoms with Crippen molar-refractivity contribution in [1.82, 2.24) is 20.2 Å². The molecule has 5 nitrogen and oxygen atoms in total. The normalized spacial score (nSPS) is 12.2. The SMILES string of the molecule is CN(C)CC(NC(=O)c1cncc(Cl)n1)c1ccccc1. The van der Waals surface area contributed by atoms with Gasteiger partial charge in [-0.1, -0.05) is 41.9 Å². The molecule has 1 aromatic heterocycles. The fourth-order valence-electron chi connectivity index (χ4n) is 1.97. The number of carbonyl (C=O) groups is 1. The van der Waals surface area contributed by atoms with E-state index in [0.717, 1.165) is 5.56 Å². The molecule has 0 aliphatic carbocycles. The molecule has 1 unspecified atom stereocenters. The fraction of sp³-hybridized carbons (Fsp3) is 0.267. The summed E-state index contributed by atoms with van der Waals surface area (Å²) in [4.78, 5) is 22.1. The lowest BCUT2D eigenvalue weighted by atomic mass is 10.1. The minimum atomic E-state index is -0.291. The molecule has 0 spiro atoms. The first kappa shape index (κ1) is 15.4. The molecule has 0 radical (unpaired) electrons. The van der Waals surface area contributed by atoms with Crippen molar-refractivity contribution >= 4 is 17.5 Å². The molecule has 0 aliphatic heterocycles. The van der Waals surface area contributed by atoms with Crippen molar-refractivity contribution in [2.45, 2.75) is 6.04 Å². The van der Waals surface area contributed by atoms with E-state index < -0.39 is 0 Å². The molecule has 0 aliphatic rings. The van der Waals surface area contributed by atoms with Gasteiger partial charge in [-0.2, -0.15) is 0 Å². The second-order valence-corrected chi connectivity index (χ2v) is 5.31. The smallest absolute Gasteiger partial charge is 0.272 e. The molecule has 1 amide bonds. The monoisotopic (exact) mass is 304 g/mol. The van der Waals surface area contributed by atoms with Crippen LogP contribution in [0.4, 0.5) is 0 Å². The average molecular weight is 305 g/mol. The second-order valence-electron chi connectivity index (χ2n) is 4.93. The van der Waals surface area contributed by atoms with Gasteiger partial charge >= 0.3 is 0 Å². The van der Waals surface area contributed by atoms with Crippen molar-refractivity contribution in [2.75, 3.05) is 20.6 Å². The molecule has 2 rings (SSSR count). The third-order valence-corrected chi connectivity index (χ3v) is 3.07. The summed E-state index contributed by atoms with van der Waals surface area (Å²) >= 11 is 5.76. The number of benzene rings is 1. The zero-order valence-corrected chi connectivity index (χ0v) is 12.7. The van der Waals surface area contributed by atoms with Crippen LogP contribution in [-0.4, -0.2) is 41.4 Å². The molecule has 0 saturated heterocycles. The van der Waals surface area contributed by atoms with Crippen LogP contribution in [0, 0.1) is 0 Å². The zero-order valence-electron chi connectivity index (χ0n) is 12.0. The van der Waals surface area contributed by atoms with Gasteiger partial charge in [0, 0.05) is 6.54 Å². The van der Waals surface area contributed by atoms with Gasteiger partial charge in [0.25, 0.3) is 5.91 Å². The third-order valence-electron chi connectivity index (χ3n) is 2.89. The Bertz CT molecular complexity index is 604. The number of hydrogen-bond acceptors (Lipinski definition) is 4. The highest BCUT2D eigenvalue weighted by Crippen LogP contribution is 2.14. The molecule has 2 aromatic rings. The van der Waals surface area contributed by atoms with Gasteiger partial charge in [-0.25, -0.2) is 4.98 Å². The Balaban J connectivity index is 2.17. The Kier molecular flexibility index (Phi) is 5.25. The highest BCUT2D eigenvalue weighted by molar-refractivity contribution is 6.29. The number of nitrogens with one attached hydrogen (secondary N) is 1. The quantitative estimate of drug-likeness (QED) is 0.919. The minimum absolute atomic E-state index is 0.130. The van der Waals surface area contributed by atoms with Gasteiger partial charge in [0.05, 0.1) is 18.4 Å². The Morgan fingerprint density at radius 1 is 1.29 bits per heavy atom. The number of carbonyl (C=O) groups excluding carboxylic acids is 1. The summed E-state index contributed by atoms with van der Waals surface area (Å²) < 4.78 is 0. The maximum Gasteiger partial charge on any atom is 0.272 e. The van der Waals surface area contributed by atoms with E-state index in [1.165, 1.54) is 12.4 Å². The molecule has 0 saturated carbocycles. The van der Waals surface area contributed by atoms with Crippen LogP contribution in [0.15, 0.2) is 42.7 Å². The highest BCUT2D eigenvalue weighted by atomic mass is 35.5. The average Bonchev–Trinajstić information content (AvgIpc) is 2.47. The van der Waals surface area contributed by atoms with Crippen molar-refractivity contribution in [3.8, 4) is 0 Å². The Labute approximate surface area is 129 Å². The topological polar surface area (TPSA) is 58.1 Å². The molecule has 1 N–H and O–H groups in total. The van der Waals surface area contributed by atoms with Crippen LogP contribution in [0.3, 0.4) is 0 Å². The molecule has 0 bridgehead atoms. The van der Waals surface area contributed by atoms with E-state index >= 15 is 0 Å². The van der Waals surface area contributed by atoms with E-state index in [1.807, 2.05) is 49.3 Å². The number of likely N-dealkylation sites (N-methyl/N-ethyl adjacent to an activating group) is 1. The molecule has 6 heteroatoms. The summed E-state index contributed by atoms with van der Waals surface area (Å²) in [5.41, 5.74) is 1.25. The highest BCUT2D eigenvalue weighted by Gasteiger charge is 2.17. The summed E-state index contributed by atoms with van der Waals surface area (Å²) in [5, 5.41) is 3.17. The number of hydrogen-bond donors (Lipinski definition) is 1. The lowest BCUT2D eigenvalue weighted by molar-refractivity contribution is 0.0924. The van der Waals surface area contributed by atoms with Gasteiger partial charge in [-0.05, 0) is 19.7 Å². The van der Waals surface area contributed by atoms with E-state index in [1.54, 1.807) is 0 Å². The lowest BCUT2D eigenvalue weighted by Gasteiger charge is -2.22. The summed E-state index contributed by atoms with van der Waals surface area (Å²) in [6, 6.07) is 9.68. The Morgan fingerprint density at radius 3 is 2.62 bits per heavy atom. The Hall–Kier alpha value is -1.98. The maximum atomic E-state index is 12.3. The van der Waals surface area contributed by atoms with Crippen molar-refractivity contribution in [1.29, 1.82) is 0 Å². The summed E-state index contributed by atoms with van der Waals surface area (Å²) in [5.74, 6) is -0.291. The van der Waals surface area contributed by atoms with Crippen molar-refractivity contribution in [2.24, 2.45) is 0 Å². The largest absolute Gasteiger partial charge is 0.343 e. The Morgan fingerprint density at radius 2 is 2.00 bits per heavy atom. The van der Waals surface area contributed by atoms with Crippen LogP contribution in [-0.2, 0) is 0 Å². The first-order chi connectivity index (χ1) is 10.1. The predicted molar refractivity (Wildman–Crippen MR) is 82.2 cm³/mol. The standard InChI is InChI=1S/C15H17ClN4O/c1-20(2)10-13(11-6-4-3-5-7-11)19-15(21)12-8-17-9-14(16)18-12/h3-9,13H,10H2,1-2H3,(H,19,21). The van der Waals surface area contributed by atoms with Crippen LogP contribution in [0.1, 0.15) is 22.1 Å². The lowest BCUT2D eigenvalue weighted by Crippen LogP contribution is -2.35. The molecule has 0 fully saturated rings. The van der Waals surface area contributed by atoms with Crippen LogP contribution in [0.25, 0.3) is 0 Å². The molecule has 21 heavy (non-hydrogen) atoms. The first-order valence-electron chi connectivity index (χ1n) is 6.54. The minimum Gasteiger partial charge on any atom is -0.343 e. The molecule has 110 valence electrons. The van der Waals surface area contributed by atoms with Crippen LogP contribution < -0.4 is 5.32 Å². The van der Waals surface area contributed by atoms with E-state index in [-0.39, 0.29) is 22.8 Å². The maximum absolute atomic E-state index is 12.3. The van der Waals surface area contributed by atoms with Crippen molar-refractivity contribution < 1.29 is 4.79 Å². The van der Waals surface area contributed by atoms with E-state index in [2.05, 4.69) is 15.3 Å². The zero-order chi connectivity index (χ0) is 15.2. The molecule has 1 aromatic carbocycles. The van der Waals surface area contributed by atoms with Crippen LogP contribution >= 0.6 is 11.6 Å². The van der Waals surface area contributed by atoms with Crippen LogP contribution in [0.5, 0.6) is 0 Å². The van der Waals surface area contributed by atoms with Gasteiger partial charge in [0.15, 0.2) is 0 Å². The van der Waals surface area contributed by atoms with Gasteiger partial charge in [0.2, 0.25) is 0 Å². The van der Waals surface area contributed by atoms with E-state index in [9.17, 15) is 4.79 Å². The second kappa shape index (κ2) is 7.15. The van der Waals surface area contributed by atoms with Crippen molar-refractivity contribution in [3.05, 3.63) is 59.1 Å². The van der Waals surface area contributed by atoms with Gasteiger partial charge < -0.3 is 10.2 Å². The van der Waals surface area contributed by atoms with Crippen LogP contribution in [0.2, 0.25) is 5.15 Å². The summed E-state index contributed by atoms with van der Waals surface area (Å²) in [7, 11) is 3.92. The molecule has 1 heterocycles. The predicted octanol–water partition coefficient (Wildman–Crippen LogP) is 2.16. The fourth-order valence-corrected chi connectivity index (χ4v) is 2.12. The third kappa shape index (κ3) is 4.51. The van der Waals surface area contributed by atoms with E-state index in [4.69, 9.17) is 11.6 Å². The number of aromatic nitrogens is 2. The molecular formula is C15H17ClN4O. The van der Waals surface area contributed by atoms with Crippen molar-refractivity contribution in [3.63, 3.8) is 0 Å². The summed E-state index contributed by atoms with van der Waals surface area (Å²) in [6.07, 6.45) is 2.80. The number of nitrogens with zero attached hydrogens (tertiary/aromatic N) is 3. The molecular weight excluding hydrogens is 288 g/mol. The van der Waals surface area contributed by atoms with Gasteiger partial charge in [-0.15, -0.1) is 0 Å². The number of amides is 1. The van der Waals surface area contributed by atoms with Gasteiger partial charge in [0.1, 0.15) is 10.8 Å². The number of rotatable bonds is 5. The first-order valence-corrected chi connectivity index (χ1v) is 6.92.